The van der Waals surface area contributed by atoms with Gasteiger partial charge in [0.1, 0.15) is 5.60 Å². The number of rotatable bonds is 1. The van der Waals surface area contributed by atoms with Gasteiger partial charge in [0.15, 0.2) is 0 Å². The summed E-state index contributed by atoms with van der Waals surface area (Å²) in [7, 11) is 0. The van der Waals surface area contributed by atoms with Gasteiger partial charge in [-0.1, -0.05) is 0 Å². The Hall–Kier alpha value is -1.56. The van der Waals surface area contributed by atoms with Crippen molar-refractivity contribution in [1.82, 2.24) is 4.90 Å². The number of carboxylic acids is 1. The third kappa shape index (κ3) is 2.80. The Bertz CT molecular complexity index is 544. The minimum atomic E-state index is -0.902. The molecule has 1 atom stereocenters. The third-order valence-corrected chi connectivity index (χ3v) is 4.43. The van der Waals surface area contributed by atoms with Crippen LogP contribution in [0.1, 0.15) is 54.5 Å². The minimum Gasteiger partial charge on any atom is -0.478 e. The SMILES string of the molecule is CC1c2scc(C(=O)O)c2CCN1C(=O)OC(C)(C)C. The minimum absolute atomic E-state index is 0.147. The van der Waals surface area contributed by atoms with Crippen molar-refractivity contribution in [3.05, 3.63) is 21.4 Å². The molecule has 1 aliphatic rings. The van der Waals surface area contributed by atoms with Crippen LogP contribution in [0.3, 0.4) is 0 Å². The average molecular weight is 297 g/mol. The molecule has 0 saturated heterocycles. The highest BCUT2D eigenvalue weighted by molar-refractivity contribution is 7.10. The van der Waals surface area contributed by atoms with Crippen LogP contribution in [0, 0.1) is 0 Å². The van der Waals surface area contributed by atoms with E-state index in [1.54, 1.807) is 10.3 Å². The Kier molecular flexibility index (Phi) is 3.77. The molecule has 1 aromatic rings. The molecule has 2 heterocycles. The highest BCUT2D eigenvalue weighted by Crippen LogP contribution is 2.36. The molecule has 0 fully saturated rings. The molecule has 5 nitrogen and oxygen atoms in total. The Morgan fingerprint density at radius 3 is 2.65 bits per heavy atom. The summed E-state index contributed by atoms with van der Waals surface area (Å²) in [6.45, 7) is 7.89. The molecule has 0 aromatic carbocycles. The van der Waals surface area contributed by atoms with E-state index in [9.17, 15) is 9.59 Å². The molecular weight excluding hydrogens is 278 g/mol. The summed E-state index contributed by atoms with van der Waals surface area (Å²) in [6.07, 6.45) is 0.213. The van der Waals surface area contributed by atoms with Gasteiger partial charge in [-0.05, 0) is 39.7 Å². The zero-order valence-electron chi connectivity index (χ0n) is 12.1. The fourth-order valence-corrected chi connectivity index (χ4v) is 3.49. The van der Waals surface area contributed by atoms with Crippen LogP contribution in [0.2, 0.25) is 0 Å². The van der Waals surface area contributed by atoms with Crippen LogP contribution in [0.5, 0.6) is 0 Å². The summed E-state index contributed by atoms with van der Waals surface area (Å²) in [4.78, 5) is 25.9. The molecule has 1 aliphatic heterocycles. The molecule has 20 heavy (non-hydrogen) atoms. The lowest BCUT2D eigenvalue weighted by Crippen LogP contribution is -2.41. The molecule has 1 amide bonds. The number of thiophene rings is 1. The molecule has 1 unspecified atom stereocenters. The molecule has 6 heteroatoms. The first-order valence-corrected chi connectivity index (χ1v) is 7.42. The van der Waals surface area contributed by atoms with E-state index >= 15 is 0 Å². The van der Waals surface area contributed by atoms with Gasteiger partial charge in [0.25, 0.3) is 0 Å². The second kappa shape index (κ2) is 5.09. The zero-order chi connectivity index (χ0) is 15.1. The van der Waals surface area contributed by atoms with Crippen molar-refractivity contribution >= 4 is 23.4 Å². The summed E-state index contributed by atoms with van der Waals surface area (Å²) in [5.74, 6) is -0.902. The maximum absolute atomic E-state index is 12.2. The van der Waals surface area contributed by atoms with Gasteiger partial charge in [-0.15, -0.1) is 11.3 Å². The first kappa shape index (κ1) is 14.8. The molecule has 0 spiro atoms. The maximum Gasteiger partial charge on any atom is 0.410 e. The van der Waals surface area contributed by atoms with Crippen LogP contribution < -0.4 is 0 Å². The summed E-state index contributed by atoms with van der Waals surface area (Å²) in [5, 5.41) is 10.8. The Balaban J connectivity index is 2.22. The first-order chi connectivity index (χ1) is 9.20. The maximum atomic E-state index is 12.2. The normalized spacial score (nSPS) is 18.6. The standard InChI is InChI=1S/C14H19NO4S/c1-8-11-9(10(7-20-11)12(16)17)5-6-15(8)13(18)19-14(2,3)4/h7-8H,5-6H2,1-4H3,(H,16,17). The lowest BCUT2D eigenvalue weighted by molar-refractivity contribution is 0.0164. The van der Waals surface area contributed by atoms with E-state index < -0.39 is 11.6 Å². The fourth-order valence-electron chi connectivity index (χ4n) is 2.32. The van der Waals surface area contributed by atoms with Crippen molar-refractivity contribution in [2.24, 2.45) is 0 Å². The van der Waals surface area contributed by atoms with Gasteiger partial charge in [0, 0.05) is 16.8 Å². The molecule has 0 radical (unpaired) electrons. The predicted molar refractivity (Wildman–Crippen MR) is 76.3 cm³/mol. The van der Waals surface area contributed by atoms with Crippen molar-refractivity contribution in [2.45, 2.75) is 45.8 Å². The monoisotopic (exact) mass is 297 g/mol. The highest BCUT2D eigenvalue weighted by Gasteiger charge is 2.34. The first-order valence-electron chi connectivity index (χ1n) is 6.54. The van der Waals surface area contributed by atoms with Gasteiger partial charge >= 0.3 is 12.1 Å². The van der Waals surface area contributed by atoms with E-state index in [1.165, 1.54) is 11.3 Å². The number of fused-ring (bicyclic) bond motifs is 1. The number of amides is 1. The van der Waals surface area contributed by atoms with Crippen molar-refractivity contribution in [3.63, 3.8) is 0 Å². The number of hydrogen-bond acceptors (Lipinski definition) is 4. The summed E-state index contributed by atoms with van der Waals surface area (Å²) in [6, 6.07) is -0.147. The largest absolute Gasteiger partial charge is 0.478 e. The third-order valence-electron chi connectivity index (χ3n) is 3.23. The molecular formula is C14H19NO4S. The van der Waals surface area contributed by atoms with Crippen molar-refractivity contribution in [2.75, 3.05) is 6.54 Å². The van der Waals surface area contributed by atoms with Gasteiger partial charge in [0.2, 0.25) is 0 Å². The van der Waals surface area contributed by atoms with Crippen LogP contribution in [0.4, 0.5) is 4.79 Å². The van der Waals surface area contributed by atoms with Crippen LogP contribution in [-0.2, 0) is 11.2 Å². The van der Waals surface area contributed by atoms with E-state index in [0.717, 1.165) is 10.4 Å². The van der Waals surface area contributed by atoms with E-state index in [0.29, 0.717) is 18.5 Å². The van der Waals surface area contributed by atoms with Crippen LogP contribution in [0.25, 0.3) is 0 Å². The Morgan fingerprint density at radius 2 is 2.10 bits per heavy atom. The number of carboxylic acid groups (broad SMARTS) is 1. The molecule has 0 aliphatic carbocycles. The van der Waals surface area contributed by atoms with E-state index in [2.05, 4.69) is 0 Å². The van der Waals surface area contributed by atoms with Crippen LogP contribution >= 0.6 is 11.3 Å². The highest BCUT2D eigenvalue weighted by atomic mass is 32.1. The second-order valence-corrected chi connectivity index (χ2v) is 6.81. The number of hydrogen-bond donors (Lipinski definition) is 1. The molecule has 2 rings (SSSR count). The molecule has 0 saturated carbocycles. The predicted octanol–water partition coefficient (Wildman–Crippen LogP) is 3.30. The van der Waals surface area contributed by atoms with E-state index in [1.807, 2.05) is 27.7 Å². The molecule has 1 aromatic heterocycles. The summed E-state index contributed by atoms with van der Waals surface area (Å²) < 4.78 is 5.39. The number of ether oxygens (including phenoxy) is 1. The average Bonchev–Trinajstić information content (AvgIpc) is 2.71. The number of nitrogens with zero attached hydrogens (tertiary/aromatic N) is 1. The lowest BCUT2D eigenvalue weighted by Gasteiger charge is -2.35. The van der Waals surface area contributed by atoms with Crippen LogP contribution in [-0.4, -0.2) is 34.2 Å². The van der Waals surface area contributed by atoms with Gasteiger partial charge in [-0.3, -0.25) is 0 Å². The number of carbonyl (C=O) groups is 2. The Morgan fingerprint density at radius 1 is 1.45 bits per heavy atom. The quantitative estimate of drug-likeness (QED) is 0.863. The second-order valence-electron chi connectivity index (χ2n) is 5.90. The van der Waals surface area contributed by atoms with E-state index in [-0.39, 0.29) is 12.1 Å². The van der Waals surface area contributed by atoms with Gasteiger partial charge in [-0.25, -0.2) is 9.59 Å². The topological polar surface area (TPSA) is 66.8 Å². The number of aromatic carboxylic acids is 1. The fraction of sp³-hybridized carbons (Fsp3) is 0.571. The zero-order valence-corrected chi connectivity index (χ0v) is 12.9. The van der Waals surface area contributed by atoms with Crippen molar-refractivity contribution in [3.8, 4) is 0 Å². The van der Waals surface area contributed by atoms with Gasteiger partial charge < -0.3 is 14.7 Å². The summed E-state index contributed by atoms with van der Waals surface area (Å²) >= 11 is 1.40. The smallest absolute Gasteiger partial charge is 0.410 e. The summed E-state index contributed by atoms with van der Waals surface area (Å²) in [5.41, 5.74) is 0.689. The van der Waals surface area contributed by atoms with E-state index in [4.69, 9.17) is 9.84 Å². The van der Waals surface area contributed by atoms with Crippen molar-refractivity contribution < 1.29 is 19.4 Å². The van der Waals surface area contributed by atoms with Crippen LogP contribution in [0.15, 0.2) is 5.38 Å². The molecule has 1 N–H and O–H groups in total. The molecule has 0 bridgehead atoms. The number of carbonyl (C=O) groups excluding carboxylic acids is 1. The molecule has 110 valence electrons. The van der Waals surface area contributed by atoms with Gasteiger partial charge in [-0.2, -0.15) is 0 Å². The Labute approximate surface area is 122 Å². The van der Waals surface area contributed by atoms with Gasteiger partial charge in [0.05, 0.1) is 11.6 Å². The van der Waals surface area contributed by atoms with Crippen molar-refractivity contribution in [1.29, 1.82) is 0 Å². The lowest BCUT2D eigenvalue weighted by atomic mass is 9.99.